The van der Waals surface area contributed by atoms with Gasteiger partial charge in [0.05, 0.1) is 13.7 Å². The monoisotopic (exact) mass is 269 g/mol. The minimum Gasteiger partial charge on any atom is -0.468 e. The topological polar surface area (TPSA) is 79.0 Å². The first-order chi connectivity index (χ1) is 9.13. The standard InChI is InChI=1S/C12H19N3O4/c1-19-11(17)9-4-2-3-5-14(9)6-7-15-10(16)8-13-12(15)18/h9H,2-8H2,1H3,(H,13,18)/t9-/m1/s1. The van der Waals surface area contributed by atoms with Crippen LogP contribution in [0.3, 0.4) is 0 Å². The van der Waals surface area contributed by atoms with Gasteiger partial charge < -0.3 is 10.1 Å². The quantitative estimate of drug-likeness (QED) is 0.553. The number of piperidine rings is 1. The molecular weight excluding hydrogens is 250 g/mol. The number of nitrogens with zero attached hydrogens (tertiary/aromatic N) is 2. The molecule has 0 saturated carbocycles. The maximum atomic E-state index is 11.7. The summed E-state index contributed by atoms with van der Waals surface area (Å²) in [5.41, 5.74) is 0. The van der Waals surface area contributed by atoms with Crippen LogP contribution in [0.4, 0.5) is 4.79 Å². The van der Waals surface area contributed by atoms with Crippen molar-refractivity contribution in [2.45, 2.75) is 25.3 Å². The SMILES string of the molecule is COC(=O)[C@H]1CCCCN1CCN1C(=O)CNC1=O. The number of hydrogen-bond acceptors (Lipinski definition) is 5. The molecule has 2 rings (SSSR count). The van der Waals surface area contributed by atoms with Crippen molar-refractivity contribution in [1.82, 2.24) is 15.1 Å². The number of rotatable bonds is 4. The lowest BCUT2D eigenvalue weighted by Crippen LogP contribution is -2.48. The smallest absolute Gasteiger partial charge is 0.324 e. The molecule has 2 heterocycles. The van der Waals surface area contributed by atoms with Crippen molar-refractivity contribution in [3.63, 3.8) is 0 Å². The average Bonchev–Trinajstić information content (AvgIpc) is 2.75. The van der Waals surface area contributed by atoms with Gasteiger partial charge in [0.25, 0.3) is 0 Å². The molecule has 7 heteroatoms. The molecule has 2 aliphatic rings. The van der Waals surface area contributed by atoms with Crippen molar-refractivity contribution in [2.24, 2.45) is 0 Å². The molecule has 0 aromatic carbocycles. The van der Waals surface area contributed by atoms with Crippen LogP contribution >= 0.6 is 0 Å². The first-order valence-electron chi connectivity index (χ1n) is 6.53. The zero-order chi connectivity index (χ0) is 13.8. The third-order valence-electron chi connectivity index (χ3n) is 3.63. The van der Waals surface area contributed by atoms with E-state index < -0.39 is 0 Å². The summed E-state index contributed by atoms with van der Waals surface area (Å²) in [6.45, 7) is 1.69. The van der Waals surface area contributed by atoms with Gasteiger partial charge >= 0.3 is 12.0 Å². The van der Waals surface area contributed by atoms with Gasteiger partial charge in [0.15, 0.2) is 0 Å². The van der Waals surface area contributed by atoms with Gasteiger partial charge in [-0.3, -0.25) is 19.4 Å². The van der Waals surface area contributed by atoms with E-state index >= 15 is 0 Å². The van der Waals surface area contributed by atoms with Gasteiger partial charge in [-0.2, -0.15) is 0 Å². The van der Waals surface area contributed by atoms with Crippen LogP contribution < -0.4 is 5.32 Å². The number of ether oxygens (including phenoxy) is 1. The number of likely N-dealkylation sites (tertiary alicyclic amines) is 1. The number of methoxy groups -OCH3 is 1. The van der Waals surface area contributed by atoms with Crippen LogP contribution in [0.1, 0.15) is 19.3 Å². The Morgan fingerprint density at radius 3 is 2.79 bits per heavy atom. The number of carbonyl (C=O) groups excluding carboxylic acids is 3. The third kappa shape index (κ3) is 3.04. The lowest BCUT2D eigenvalue weighted by molar-refractivity contribution is -0.148. The Hall–Kier alpha value is -1.63. The summed E-state index contributed by atoms with van der Waals surface area (Å²) in [6.07, 6.45) is 2.79. The Morgan fingerprint density at radius 2 is 2.16 bits per heavy atom. The van der Waals surface area contributed by atoms with Crippen molar-refractivity contribution in [3.05, 3.63) is 0 Å². The fraction of sp³-hybridized carbons (Fsp3) is 0.750. The second kappa shape index (κ2) is 6.01. The Bertz CT molecular complexity index is 369. The van der Waals surface area contributed by atoms with Crippen molar-refractivity contribution >= 4 is 17.9 Å². The molecule has 0 aromatic heterocycles. The van der Waals surface area contributed by atoms with E-state index in [-0.39, 0.29) is 30.5 Å². The van der Waals surface area contributed by atoms with Crippen LogP contribution in [0, 0.1) is 0 Å². The average molecular weight is 269 g/mol. The molecule has 106 valence electrons. The number of esters is 1. The Balaban J connectivity index is 1.91. The molecule has 7 nitrogen and oxygen atoms in total. The highest BCUT2D eigenvalue weighted by Gasteiger charge is 2.32. The highest BCUT2D eigenvalue weighted by molar-refractivity contribution is 6.01. The normalized spacial score (nSPS) is 24.5. The van der Waals surface area contributed by atoms with Crippen molar-refractivity contribution in [3.8, 4) is 0 Å². The molecule has 1 N–H and O–H groups in total. The number of amides is 3. The van der Waals surface area contributed by atoms with E-state index in [0.29, 0.717) is 13.1 Å². The largest absolute Gasteiger partial charge is 0.468 e. The molecular formula is C12H19N3O4. The molecule has 0 aromatic rings. The summed E-state index contributed by atoms with van der Waals surface area (Å²) < 4.78 is 4.79. The molecule has 2 saturated heterocycles. The molecule has 0 bridgehead atoms. The van der Waals surface area contributed by atoms with E-state index in [1.165, 1.54) is 12.0 Å². The van der Waals surface area contributed by atoms with Crippen molar-refractivity contribution < 1.29 is 19.1 Å². The van der Waals surface area contributed by atoms with Gasteiger partial charge in [0, 0.05) is 13.1 Å². The number of imide groups is 1. The van der Waals surface area contributed by atoms with Crippen LogP contribution in [0.5, 0.6) is 0 Å². The van der Waals surface area contributed by atoms with Crippen LogP contribution in [-0.2, 0) is 14.3 Å². The molecule has 1 atom stereocenters. The second-order valence-corrected chi connectivity index (χ2v) is 4.77. The number of hydrogen-bond donors (Lipinski definition) is 1. The van der Waals surface area contributed by atoms with E-state index in [1.807, 2.05) is 4.90 Å². The first-order valence-corrected chi connectivity index (χ1v) is 6.53. The van der Waals surface area contributed by atoms with Gasteiger partial charge in [0.2, 0.25) is 5.91 Å². The number of carbonyl (C=O) groups is 3. The van der Waals surface area contributed by atoms with Gasteiger partial charge in [0.1, 0.15) is 6.04 Å². The Morgan fingerprint density at radius 1 is 1.37 bits per heavy atom. The fourth-order valence-corrected chi connectivity index (χ4v) is 2.57. The van der Waals surface area contributed by atoms with Crippen LogP contribution in [-0.4, -0.2) is 67.0 Å². The predicted octanol–water partition coefficient (Wildman–Crippen LogP) is -0.434. The van der Waals surface area contributed by atoms with E-state index in [1.54, 1.807) is 0 Å². The third-order valence-corrected chi connectivity index (χ3v) is 3.63. The zero-order valence-corrected chi connectivity index (χ0v) is 11.1. The van der Waals surface area contributed by atoms with Gasteiger partial charge in [-0.1, -0.05) is 6.42 Å². The fourth-order valence-electron chi connectivity index (χ4n) is 2.57. The van der Waals surface area contributed by atoms with E-state index in [0.717, 1.165) is 25.8 Å². The van der Waals surface area contributed by atoms with E-state index in [9.17, 15) is 14.4 Å². The molecule has 0 spiro atoms. The van der Waals surface area contributed by atoms with Crippen molar-refractivity contribution in [1.29, 1.82) is 0 Å². The highest BCUT2D eigenvalue weighted by Crippen LogP contribution is 2.18. The van der Waals surface area contributed by atoms with Crippen LogP contribution in [0.15, 0.2) is 0 Å². The molecule has 19 heavy (non-hydrogen) atoms. The van der Waals surface area contributed by atoms with Gasteiger partial charge in [-0.15, -0.1) is 0 Å². The zero-order valence-electron chi connectivity index (χ0n) is 11.1. The van der Waals surface area contributed by atoms with Crippen molar-refractivity contribution in [2.75, 3.05) is 33.3 Å². The summed E-state index contributed by atoms with van der Waals surface area (Å²) in [6, 6.07) is -0.601. The molecule has 0 aliphatic carbocycles. The Labute approximate surface area is 111 Å². The minimum absolute atomic E-state index is 0.0687. The molecule has 0 unspecified atom stereocenters. The molecule has 0 radical (unpaired) electrons. The second-order valence-electron chi connectivity index (χ2n) is 4.77. The van der Waals surface area contributed by atoms with E-state index in [2.05, 4.69) is 5.32 Å². The van der Waals surface area contributed by atoms with Crippen LogP contribution in [0.2, 0.25) is 0 Å². The lowest BCUT2D eigenvalue weighted by atomic mass is 10.0. The Kier molecular flexibility index (Phi) is 4.36. The minimum atomic E-state index is -0.350. The highest BCUT2D eigenvalue weighted by atomic mass is 16.5. The lowest BCUT2D eigenvalue weighted by Gasteiger charge is -2.34. The maximum Gasteiger partial charge on any atom is 0.324 e. The summed E-state index contributed by atoms with van der Waals surface area (Å²) in [5, 5.41) is 2.48. The number of nitrogens with one attached hydrogen (secondary N) is 1. The maximum absolute atomic E-state index is 11.7. The summed E-state index contributed by atoms with van der Waals surface area (Å²) in [7, 11) is 1.38. The molecule has 2 aliphatic heterocycles. The van der Waals surface area contributed by atoms with Gasteiger partial charge in [-0.25, -0.2) is 4.79 Å². The van der Waals surface area contributed by atoms with E-state index in [4.69, 9.17) is 4.74 Å². The summed E-state index contributed by atoms with van der Waals surface area (Å²) >= 11 is 0. The van der Waals surface area contributed by atoms with Gasteiger partial charge in [-0.05, 0) is 19.4 Å². The first kappa shape index (κ1) is 13.8. The molecule has 3 amide bonds. The summed E-state index contributed by atoms with van der Waals surface area (Å²) in [5.74, 6) is -0.450. The predicted molar refractivity (Wildman–Crippen MR) is 66.3 cm³/mol. The number of urea groups is 1. The molecule has 2 fully saturated rings. The van der Waals surface area contributed by atoms with Crippen LogP contribution in [0.25, 0.3) is 0 Å². The summed E-state index contributed by atoms with van der Waals surface area (Å²) in [4.78, 5) is 37.7.